The molecular formula is C9H21NO2P+. The molecule has 0 saturated carbocycles. The van der Waals surface area contributed by atoms with Crippen molar-refractivity contribution in [2.45, 2.75) is 19.8 Å². The number of likely N-dealkylation sites (N-methyl/N-ethyl adjacent to an activating group) is 1. The van der Waals surface area contributed by atoms with Crippen molar-refractivity contribution in [1.29, 1.82) is 0 Å². The van der Waals surface area contributed by atoms with Crippen molar-refractivity contribution in [1.82, 2.24) is 0 Å². The summed E-state index contributed by atoms with van der Waals surface area (Å²) in [5, 5.41) is 0. The molecular weight excluding hydrogens is 185 g/mol. The summed E-state index contributed by atoms with van der Waals surface area (Å²) in [7, 11) is 4.51. The third kappa shape index (κ3) is 7.12. The van der Waals surface area contributed by atoms with Crippen molar-refractivity contribution in [2.75, 3.05) is 33.8 Å². The van der Waals surface area contributed by atoms with Crippen LogP contribution in [0.1, 0.15) is 19.8 Å². The first kappa shape index (κ1) is 13.0. The normalized spacial score (nSPS) is 14.2. The van der Waals surface area contributed by atoms with Gasteiger partial charge in [-0.25, -0.2) is 0 Å². The van der Waals surface area contributed by atoms with Crippen molar-refractivity contribution in [3.8, 4) is 0 Å². The van der Waals surface area contributed by atoms with Crippen molar-refractivity contribution >= 4 is 13.7 Å². The van der Waals surface area contributed by atoms with Crippen LogP contribution < -0.4 is 0 Å². The summed E-state index contributed by atoms with van der Waals surface area (Å²) in [6.45, 7) is 2.50. The fourth-order valence-corrected chi connectivity index (χ4v) is 2.37. The molecule has 78 valence electrons. The van der Waals surface area contributed by atoms with E-state index in [1.54, 1.807) is 0 Å². The van der Waals surface area contributed by atoms with Gasteiger partial charge in [-0.1, -0.05) is 13.3 Å². The summed E-state index contributed by atoms with van der Waals surface area (Å²) in [4.78, 5) is 20.9. The molecule has 0 aliphatic carbocycles. The van der Waals surface area contributed by atoms with Gasteiger partial charge in [0.2, 0.25) is 5.52 Å². The lowest BCUT2D eigenvalue weighted by Crippen LogP contribution is -2.39. The minimum absolute atomic E-state index is 0.0240. The molecule has 3 nitrogen and oxygen atoms in total. The summed E-state index contributed by atoms with van der Waals surface area (Å²) in [6, 6.07) is 0. The molecule has 1 unspecified atom stereocenters. The fraction of sp³-hybridized carbons (Fsp3) is 0.889. The third-order valence-corrected chi connectivity index (χ3v) is 3.08. The van der Waals surface area contributed by atoms with Gasteiger partial charge in [0.05, 0.1) is 21.1 Å². The van der Waals surface area contributed by atoms with Crippen LogP contribution in [0.2, 0.25) is 0 Å². The number of rotatable bonds is 6. The van der Waals surface area contributed by atoms with Crippen LogP contribution in [0.5, 0.6) is 0 Å². The highest BCUT2D eigenvalue weighted by molar-refractivity contribution is 7.69. The van der Waals surface area contributed by atoms with E-state index in [1.807, 2.05) is 21.1 Å². The van der Waals surface area contributed by atoms with Gasteiger partial charge in [-0.2, -0.15) is 0 Å². The highest BCUT2D eigenvalue weighted by Crippen LogP contribution is 2.32. The Bertz CT molecular complexity index is 165. The van der Waals surface area contributed by atoms with E-state index in [0.717, 1.165) is 12.8 Å². The molecule has 0 aliphatic rings. The maximum Gasteiger partial charge on any atom is 0.234 e. The smallest absolute Gasteiger partial charge is 0.234 e. The zero-order valence-electron chi connectivity index (χ0n) is 9.08. The summed E-state index contributed by atoms with van der Waals surface area (Å²) in [5.74, 6) is 0. The SMILES string of the molecule is CCCCP(O)C(=O)C[N+](C)(C)C. The Balaban J connectivity index is 3.83. The molecule has 1 atom stereocenters. The Morgan fingerprint density at radius 2 is 1.92 bits per heavy atom. The second-order valence-electron chi connectivity index (χ2n) is 4.32. The van der Waals surface area contributed by atoms with Crippen LogP contribution in [0.25, 0.3) is 0 Å². The van der Waals surface area contributed by atoms with Crippen LogP contribution in [0.3, 0.4) is 0 Å². The van der Waals surface area contributed by atoms with Crippen LogP contribution in [0.4, 0.5) is 0 Å². The van der Waals surface area contributed by atoms with Crippen molar-refractivity contribution < 1.29 is 14.2 Å². The molecule has 0 aromatic heterocycles. The maximum absolute atomic E-state index is 11.4. The molecule has 4 heteroatoms. The highest BCUT2D eigenvalue weighted by atomic mass is 31.1. The summed E-state index contributed by atoms with van der Waals surface area (Å²) in [6.07, 6.45) is 2.66. The lowest BCUT2D eigenvalue weighted by atomic mass is 10.4. The molecule has 0 aromatic rings. The van der Waals surface area contributed by atoms with Gasteiger partial charge < -0.3 is 9.38 Å². The van der Waals surface area contributed by atoms with Gasteiger partial charge in [-0.3, -0.25) is 4.79 Å². The number of quaternary nitrogens is 1. The Morgan fingerprint density at radius 1 is 1.38 bits per heavy atom. The molecule has 0 amide bonds. The molecule has 0 aliphatic heterocycles. The van der Waals surface area contributed by atoms with E-state index < -0.39 is 8.15 Å². The minimum atomic E-state index is -1.37. The first-order valence-corrected chi connectivity index (χ1v) is 6.14. The van der Waals surface area contributed by atoms with E-state index in [-0.39, 0.29) is 5.52 Å². The van der Waals surface area contributed by atoms with Crippen molar-refractivity contribution in [3.63, 3.8) is 0 Å². The minimum Gasteiger partial charge on any atom is -0.366 e. The lowest BCUT2D eigenvalue weighted by molar-refractivity contribution is -0.861. The molecule has 0 bridgehead atoms. The first-order chi connectivity index (χ1) is 5.87. The summed E-state index contributed by atoms with van der Waals surface area (Å²) < 4.78 is 0.602. The molecule has 1 N–H and O–H groups in total. The predicted octanol–water partition coefficient (Wildman–Crippen LogP) is 1.41. The van der Waals surface area contributed by atoms with Crippen LogP contribution >= 0.6 is 8.15 Å². The second-order valence-corrected chi connectivity index (χ2v) is 6.06. The van der Waals surface area contributed by atoms with Gasteiger partial charge in [-0.05, 0) is 12.6 Å². The Morgan fingerprint density at radius 3 is 2.31 bits per heavy atom. The largest absolute Gasteiger partial charge is 0.366 e. The second kappa shape index (κ2) is 5.69. The molecule has 0 radical (unpaired) electrons. The van der Waals surface area contributed by atoms with Gasteiger partial charge in [0.15, 0.2) is 0 Å². The van der Waals surface area contributed by atoms with Gasteiger partial charge in [0.1, 0.15) is 14.7 Å². The third-order valence-electron chi connectivity index (χ3n) is 1.62. The topological polar surface area (TPSA) is 37.3 Å². The van der Waals surface area contributed by atoms with E-state index in [0.29, 0.717) is 17.2 Å². The van der Waals surface area contributed by atoms with Gasteiger partial charge in [-0.15, -0.1) is 0 Å². The van der Waals surface area contributed by atoms with E-state index in [2.05, 4.69) is 6.92 Å². The Labute approximate surface area is 82.2 Å². The fourth-order valence-electron chi connectivity index (χ4n) is 0.920. The van der Waals surface area contributed by atoms with Crippen molar-refractivity contribution in [2.24, 2.45) is 0 Å². The first-order valence-electron chi connectivity index (χ1n) is 4.66. The monoisotopic (exact) mass is 206 g/mol. The van der Waals surface area contributed by atoms with Crippen LogP contribution in [-0.4, -0.2) is 48.8 Å². The average molecular weight is 206 g/mol. The predicted molar refractivity (Wildman–Crippen MR) is 56.8 cm³/mol. The number of carbonyl (C=O) groups is 1. The molecule has 0 rings (SSSR count). The van der Waals surface area contributed by atoms with Crippen LogP contribution in [-0.2, 0) is 4.79 Å². The van der Waals surface area contributed by atoms with E-state index >= 15 is 0 Å². The van der Waals surface area contributed by atoms with E-state index in [4.69, 9.17) is 0 Å². The summed E-state index contributed by atoms with van der Waals surface area (Å²) >= 11 is 0. The Kier molecular flexibility index (Phi) is 5.70. The summed E-state index contributed by atoms with van der Waals surface area (Å²) in [5.41, 5.74) is 0.0240. The van der Waals surface area contributed by atoms with Gasteiger partial charge >= 0.3 is 0 Å². The number of unbranched alkanes of at least 4 members (excludes halogenated alkanes) is 1. The standard InChI is InChI=1S/C9H21NO2P/c1-5-6-7-13(12)9(11)8-10(2,3)4/h12H,5-8H2,1-4H3/q+1. The van der Waals surface area contributed by atoms with Gasteiger partial charge in [0, 0.05) is 0 Å². The number of nitrogens with zero attached hydrogens (tertiary/aromatic N) is 1. The quantitative estimate of drug-likeness (QED) is 0.527. The zero-order chi connectivity index (χ0) is 10.5. The molecule has 0 aromatic carbocycles. The van der Waals surface area contributed by atoms with Crippen LogP contribution in [0, 0.1) is 0 Å². The molecule has 0 spiro atoms. The highest BCUT2D eigenvalue weighted by Gasteiger charge is 2.21. The number of hydrogen-bond acceptors (Lipinski definition) is 2. The maximum atomic E-state index is 11.4. The van der Waals surface area contributed by atoms with Crippen molar-refractivity contribution in [3.05, 3.63) is 0 Å². The van der Waals surface area contributed by atoms with E-state index in [9.17, 15) is 9.69 Å². The molecule has 0 fully saturated rings. The lowest BCUT2D eigenvalue weighted by Gasteiger charge is -2.23. The van der Waals surface area contributed by atoms with Crippen LogP contribution in [0.15, 0.2) is 0 Å². The molecule has 13 heavy (non-hydrogen) atoms. The zero-order valence-corrected chi connectivity index (χ0v) is 9.97. The molecule has 0 saturated heterocycles. The van der Waals surface area contributed by atoms with Gasteiger partial charge in [0.25, 0.3) is 0 Å². The molecule has 0 heterocycles. The van der Waals surface area contributed by atoms with E-state index in [1.165, 1.54) is 0 Å². The average Bonchev–Trinajstić information content (AvgIpc) is 1.96. The number of hydrogen-bond donors (Lipinski definition) is 1. The number of carbonyl (C=O) groups excluding carboxylic acids is 1. The Hall–Kier alpha value is 0.0200.